The molecule has 9 nitrogen and oxygen atoms in total. The summed E-state index contributed by atoms with van der Waals surface area (Å²) >= 11 is 0. The average molecular weight is 380 g/mol. The van der Waals surface area contributed by atoms with Gasteiger partial charge in [-0.05, 0) is 30.2 Å². The molecule has 28 heavy (non-hydrogen) atoms. The Hall–Kier alpha value is -3.49. The van der Waals surface area contributed by atoms with Crippen LogP contribution >= 0.6 is 0 Å². The van der Waals surface area contributed by atoms with Gasteiger partial charge in [0, 0.05) is 50.1 Å². The summed E-state index contributed by atoms with van der Waals surface area (Å²) in [6.45, 7) is 3.86. The molecule has 0 unspecified atom stereocenters. The number of nitrogens with zero attached hydrogens (tertiary/aromatic N) is 5. The molecule has 0 aliphatic carbocycles. The Balaban J connectivity index is 1.35. The monoisotopic (exact) mass is 380 g/mol. The second-order valence-electron chi connectivity index (χ2n) is 6.66. The molecular weight excluding hydrogens is 360 g/mol. The number of aryl methyl sites for hydroxylation is 2. The SMILES string of the molecule is Cc1nc(CNC(=O)c2ccc3c(c2)CN(CCCn2ccnc2)C3=O)no1. The van der Waals surface area contributed by atoms with Crippen LogP contribution in [0.25, 0.3) is 0 Å². The zero-order chi connectivity index (χ0) is 19.5. The standard InChI is InChI=1S/C19H20N6O3/c1-13-22-17(23-28-13)10-21-18(26)14-3-4-16-15(9-14)11-25(19(16)27)7-2-6-24-8-5-20-12-24/h3-5,8-9,12H,2,6-7,10-11H2,1H3,(H,21,26). The van der Waals surface area contributed by atoms with E-state index in [-0.39, 0.29) is 18.4 Å². The van der Waals surface area contributed by atoms with Gasteiger partial charge in [-0.2, -0.15) is 4.98 Å². The lowest BCUT2D eigenvalue weighted by Crippen LogP contribution is -2.25. The zero-order valence-corrected chi connectivity index (χ0v) is 15.5. The maximum atomic E-state index is 12.6. The van der Waals surface area contributed by atoms with Crippen LogP contribution in [-0.2, 0) is 19.6 Å². The topological polar surface area (TPSA) is 106 Å². The van der Waals surface area contributed by atoms with Gasteiger partial charge in [0.05, 0.1) is 12.9 Å². The molecule has 9 heteroatoms. The summed E-state index contributed by atoms with van der Waals surface area (Å²) in [6.07, 6.45) is 6.25. The molecule has 1 aromatic carbocycles. The highest BCUT2D eigenvalue weighted by Gasteiger charge is 2.27. The van der Waals surface area contributed by atoms with E-state index in [1.165, 1.54) is 0 Å². The van der Waals surface area contributed by atoms with Gasteiger partial charge in [0.25, 0.3) is 11.8 Å². The molecule has 0 spiro atoms. The Bertz CT molecular complexity index is 995. The predicted molar refractivity (Wildman–Crippen MR) is 98.2 cm³/mol. The number of benzene rings is 1. The van der Waals surface area contributed by atoms with E-state index in [0.717, 1.165) is 18.5 Å². The minimum Gasteiger partial charge on any atom is -0.345 e. The van der Waals surface area contributed by atoms with E-state index in [1.54, 1.807) is 37.6 Å². The maximum absolute atomic E-state index is 12.6. The van der Waals surface area contributed by atoms with Gasteiger partial charge in [0.15, 0.2) is 5.82 Å². The highest BCUT2D eigenvalue weighted by molar-refractivity contribution is 6.01. The number of hydrogen-bond acceptors (Lipinski definition) is 6. The van der Waals surface area contributed by atoms with Crippen LogP contribution in [0.2, 0.25) is 0 Å². The third kappa shape index (κ3) is 3.78. The lowest BCUT2D eigenvalue weighted by Gasteiger charge is -2.15. The van der Waals surface area contributed by atoms with E-state index in [4.69, 9.17) is 4.52 Å². The first-order chi connectivity index (χ1) is 13.6. The number of hydrogen-bond donors (Lipinski definition) is 1. The first kappa shape index (κ1) is 17.9. The number of aromatic nitrogens is 4. The van der Waals surface area contributed by atoms with Crippen molar-refractivity contribution in [1.82, 2.24) is 29.9 Å². The Labute approximate surface area is 161 Å². The molecule has 3 heterocycles. The molecule has 0 saturated heterocycles. The van der Waals surface area contributed by atoms with Crippen molar-refractivity contribution in [2.45, 2.75) is 33.0 Å². The van der Waals surface area contributed by atoms with Crippen molar-refractivity contribution in [3.8, 4) is 0 Å². The van der Waals surface area contributed by atoms with Gasteiger partial charge in [0.2, 0.25) is 5.89 Å². The van der Waals surface area contributed by atoms with E-state index < -0.39 is 0 Å². The number of fused-ring (bicyclic) bond motifs is 1. The minimum absolute atomic E-state index is 0.00913. The molecule has 0 atom stereocenters. The Morgan fingerprint density at radius 2 is 2.21 bits per heavy atom. The third-order valence-corrected chi connectivity index (χ3v) is 4.63. The molecule has 4 rings (SSSR count). The highest BCUT2D eigenvalue weighted by Crippen LogP contribution is 2.24. The molecule has 1 N–H and O–H groups in total. The first-order valence-corrected chi connectivity index (χ1v) is 9.05. The molecule has 0 saturated carbocycles. The fourth-order valence-corrected chi connectivity index (χ4v) is 3.24. The van der Waals surface area contributed by atoms with Crippen LogP contribution in [-0.4, -0.2) is 43.0 Å². The third-order valence-electron chi connectivity index (χ3n) is 4.63. The van der Waals surface area contributed by atoms with Gasteiger partial charge >= 0.3 is 0 Å². The van der Waals surface area contributed by atoms with E-state index in [0.29, 0.717) is 35.9 Å². The van der Waals surface area contributed by atoms with E-state index >= 15 is 0 Å². The fraction of sp³-hybridized carbons (Fsp3) is 0.316. The summed E-state index contributed by atoms with van der Waals surface area (Å²) in [5.74, 6) is 0.644. The second-order valence-corrected chi connectivity index (χ2v) is 6.66. The molecule has 2 aromatic heterocycles. The van der Waals surface area contributed by atoms with Crippen molar-refractivity contribution >= 4 is 11.8 Å². The normalized spacial score (nSPS) is 13.0. The lowest BCUT2D eigenvalue weighted by atomic mass is 10.1. The lowest BCUT2D eigenvalue weighted by molar-refractivity contribution is 0.0774. The number of carbonyl (C=O) groups is 2. The summed E-state index contributed by atoms with van der Waals surface area (Å²) in [4.78, 5) is 34.8. The van der Waals surface area contributed by atoms with Gasteiger partial charge in [-0.15, -0.1) is 0 Å². The van der Waals surface area contributed by atoms with Crippen LogP contribution in [0.3, 0.4) is 0 Å². The number of nitrogens with one attached hydrogen (secondary N) is 1. The Morgan fingerprint density at radius 3 is 2.96 bits per heavy atom. The fourth-order valence-electron chi connectivity index (χ4n) is 3.24. The van der Waals surface area contributed by atoms with Crippen molar-refractivity contribution in [1.29, 1.82) is 0 Å². The summed E-state index contributed by atoms with van der Waals surface area (Å²) in [6, 6.07) is 5.17. The van der Waals surface area contributed by atoms with Crippen molar-refractivity contribution in [2.75, 3.05) is 6.54 Å². The minimum atomic E-state index is -0.240. The van der Waals surface area contributed by atoms with Gasteiger partial charge in [-0.1, -0.05) is 5.16 Å². The molecule has 2 amide bonds. The highest BCUT2D eigenvalue weighted by atomic mass is 16.5. The summed E-state index contributed by atoms with van der Waals surface area (Å²) in [5, 5.41) is 6.51. The largest absolute Gasteiger partial charge is 0.345 e. The Kier molecular flexibility index (Phi) is 4.88. The summed E-state index contributed by atoms with van der Waals surface area (Å²) in [5.41, 5.74) is 2.04. The van der Waals surface area contributed by atoms with E-state index in [1.807, 2.05) is 15.7 Å². The van der Waals surface area contributed by atoms with Crippen molar-refractivity contribution in [3.63, 3.8) is 0 Å². The van der Waals surface area contributed by atoms with Gasteiger partial charge in [0.1, 0.15) is 0 Å². The number of carbonyl (C=O) groups excluding carboxylic acids is 2. The zero-order valence-electron chi connectivity index (χ0n) is 15.5. The van der Waals surface area contributed by atoms with Crippen molar-refractivity contribution in [3.05, 3.63) is 65.3 Å². The smallest absolute Gasteiger partial charge is 0.254 e. The molecular formula is C19H20N6O3. The second kappa shape index (κ2) is 7.63. The van der Waals surface area contributed by atoms with E-state index in [2.05, 4.69) is 20.4 Å². The molecule has 0 radical (unpaired) electrons. The van der Waals surface area contributed by atoms with Gasteiger partial charge in [-0.3, -0.25) is 9.59 Å². The molecule has 1 aliphatic rings. The predicted octanol–water partition coefficient (Wildman–Crippen LogP) is 1.55. The maximum Gasteiger partial charge on any atom is 0.254 e. The number of rotatable bonds is 7. The summed E-state index contributed by atoms with van der Waals surface area (Å²) in [7, 11) is 0. The van der Waals surface area contributed by atoms with Gasteiger partial charge in [-0.25, -0.2) is 4.98 Å². The van der Waals surface area contributed by atoms with Crippen LogP contribution in [0.1, 0.15) is 44.4 Å². The number of amides is 2. The van der Waals surface area contributed by atoms with Crippen LogP contribution < -0.4 is 5.32 Å². The Morgan fingerprint density at radius 1 is 1.32 bits per heavy atom. The van der Waals surface area contributed by atoms with Crippen LogP contribution in [0.15, 0.2) is 41.4 Å². The molecule has 0 bridgehead atoms. The van der Waals surface area contributed by atoms with Crippen LogP contribution in [0.4, 0.5) is 0 Å². The first-order valence-electron chi connectivity index (χ1n) is 9.05. The molecule has 0 fully saturated rings. The van der Waals surface area contributed by atoms with Crippen molar-refractivity contribution < 1.29 is 14.1 Å². The molecule has 3 aromatic rings. The van der Waals surface area contributed by atoms with E-state index in [9.17, 15) is 9.59 Å². The number of imidazole rings is 1. The molecule has 144 valence electrons. The van der Waals surface area contributed by atoms with Crippen molar-refractivity contribution in [2.24, 2.45) is 0 Å². The summed E-state index contributed by atoms with van der Waals surface area (Å²) < 4.78 is 6.87. The van der Waals surface area contributed by atoms with Gasteiger partial charge < -0.3 is 19.3 Å². The van der Waals surface area contributed by atoms with Crippen LogP contribution in [0.5, 0.6) is 0 Å². The molecule has 1 aliphatic heterocycles. The average Bonchev–Trinajstić information content (AvgIpc) is 3.42. The van der Waals surface area contributed by atoms with Crippen LogP contribution in [0, 0.1) is 6.92 Å². The quantitative estimate of drug-likeness (QED) is 0.667.